The van der Waals surface area contributed by atoms with Gasteiger partial charge in [0.05, 0.1) is 11.4 Å². The summed E-state index contributed by atoms with van der Waals surface area (Å²) in [6.07, 6.45) is 9.41. The second kappa shape index (κ2) is 5.23. The average Bonchev–Trinajstić information content (AvgIpc) is 3.18. The number of amides is 1. The number of aromatic amines is 1. The number of carbonyl (C=O) groups excluding carboxylic acids is 1. The van der Waals surface area contributed by atoms with Crippen molar-refractivity contribution < 1.29 is 4.79 Å². The van der Waals surface area contributed by atoms with Crippen LogP contribution in [-0.2, 0) is 0 Å². The molecule has 2 aliphatic carbocycles. The van der Waals surface area contributed by atoms with Gasteiger partial charge in [0, 0.05) is 12.0 Å². The molecule has 5 heteroatoms. The van der Waals surface area contributed by atoms with Gasteiger partial charge >= 0.3 is 0 Å². The molecule has 0 atom stereocenters. The Morgan fingerprint density at radius 2 is 1.84 bits per heavy atom. The van der Waals surface area contributed by atoms with Gasteiger partial charge in [-0.1, -0.05) is 25.7 Å². The topological polar surface area (TPSA) is 83.8 Å². The van der Waals surface area contributed by atoms with Crippen LogP contribution < -0.4 is 11.1 Å². The van der Waals surface area contributed by atoms with Crippen LogP contribution in [0, 0.1) is 0 Å². The highest BCUT2D eigenvalue weighted by Crippen LogP contribution is 2.42. The number of hydrogen-bond acceptors (Lipinski definition) is 3. The Bertz CT molecular complexity index is 456. The molecule has 2 aliphatic rings. The number of carbonyl (C=O) groups is 1. The molecule has 19 heavy (non-hydrogen) atoms. The quantitative estimate of drug-likeness (QED) is 0.731. The van der Waals surface area contributed by atoms with Crippen molar-refractivity contribution in [3.8, 4) is 0 Å². The molecule has 0 bridgehead atoms. The van der Waals surface area contributed by atoms with Crippen LogP contribution in [0.1, 0.15) is 73.5 Å². The molecule has 0 spiro atoms. The summed E-state index contributed by atoms with van der Waals surface area (Å²) in [5.74, 6) is 0.375. The smallest absolute Gasteiger partial charge is 0.274 e. The standard InChI is InChI=1S/C14H22N4O/c15-11-12(9-7-8-9)17-18-13(11)14(19)16-10-5-3-1-2-4-6-10/h9-10H,1-8,15H2,(H,16,19)(H,17,18). The number of nitrogen functional groups attached to an aromatic ring is 1. The third-order valence-electron chi connectivity index (χ3n) is 4.22. The van der Waals surface area contributed by atoms with Gasteiger partial charge in [-0.2, -0.15) is 5.10 Å². The highest BCUT2D eigenvalue weighted by atomic mass is 16.2. The van der Waals surface area contributed by atoms with E-state index in [-0.39, 0.29) is 11.9 Å². The summed E-state index contributed by atoms with van der Waals surface area (Å²) >= 11 is 0. The Morgan fingerprint density at radius 1 is 1.16 bits per heavy atom. The summed E-state index contributed by atoms with van der Waals surface area (Å²) in [4.78, 5) is 12.2. The molecule has 2 saturated carbocycles. The molecule has 1 amide bonds. The normalized spacial score (nSPS) is 21.1. The van der Waals surface area contributed by atoms with Crippen LogP contribution >= 0.6 is 0 Å². The van der Waals surface area contributed by atoms with Crippen LogP contribution in [-0.4, -0.2) is 22.1 Å². The Kier molecular flexibility index (Phi) is 3.44. The first-order chi connectivity index (χ1) is 9.25. The van der Waals surface area contributed by atoms with Crippen molar-refractivity contribution in [2.75, 3.05) is 5.73 Å². The Hall–Kier alpha value is -1.52. The molecular formula is C14H22N4O. The van der Waals surface area contributed by atoms with E-state index in [0.717, 1.165) is 31.4 Å². The van der Waals surface area contributed by atoms with Gasteiger partial charge in [0.25, 0.3) is 5.91 Å². The molecule has 0 aliphatic heterocycles. The largest absolute Gasteiger partial charge is 0.395 e. The molecule has 104 valence electrons. The number of nitrogens with one attached hydrogen (secondary N) is 2. The zero-order chi connectivity index (χ0) is 13.2. The summed E-state index contributed by atoms with van der Waals surface area (Å²) in [6, 6.07) is 0.287. The number of nitrogens with zero attached hydrogens (tertiary/aromatic N) is 1. The molecule has 0 saturated heterocycles. The lowest BCUT2D eigenvalue weighted by molar-refractivity contribution is 0.0929. The molecule has 2 fully saturated rings. The second-order valence-corrected chi connectivity index (χ2v) is 5.84. The van der Waals surface area contributed by atoms with Crippen LogP contribution in [0.5, 0.6) is 0 Å². The molecule has 1 aromatic heterocycles. The predicted octanol–water partition coefficient (Wildman–Crippen LogP) is 2.32. The minimum atomic E-state index is -0.118. The maximum Gasteiger partial charge on any atom is 0.274 e. The minimum Gasteiger partial charge on any atom is -0.395 e. The molecule has 0 aromatic carbocycles. The molecule has 1 aromatic rings. The van der Waals surface area contributed by atoms with Gasteiger partial charge in [0.2, 0.25) is 0 Å². The van der Waals surface area contributed by atoms with Crippen LogP contribution in [0.25, 0.3) is 0 Å². The lowest BCUT2D eigenvalue weighted by atomic mass is 10.1. The Morgan fingerprint density at radius 3 is 2.47 bits per heavy atom. The fraction of sp³-hybridized carbons (Fsp3) is 0.714. The third-order valence-corrected chi connectivity index (χ3v) is 4.22. The Balaban J connectivity index is 1.66. The van der Waals surface area contributed by atoms with Gasteiger partial charge in [-0.25, -0.2) is 0 Å². The van der Waals surface area contributed by atoms with Crippen molar-refractivity contribution in [3.63, 3.8) is 0 Å². The number of H-pyrrole nitrogens is 1. The van der Waals surface area contributed by atoms with E-state index in [1.807, 2.05) is 0 Å². The third kappa shape index (κ3) is 2.74. The van der Waals surface area contributed by atoms with E-state index in [1.165, 1.54) is 25.7 Å². The fourth-order valence-electron chi connectivity index (χ4n) is 2.90. The van der Waals surface area contributed by atoms with Crippen LogP contribution in [0.3, 0.4) is 0 Å². The minimum absolute atomic E-state index is 0.118. The van der Waals surface area contributed by atoms with Crippen molar-refractivity contribution in [3.05, 3.63) is 11.4 Å². The fourth-order valence-corrected chi connectivity index (χ4v) is 2.90. The number of nitrogens with two attached hydrogens (primary N) is 1. The van der Waals surface area contributed by atoms with E-state index in [2.05, 4.69) is 15.5 Å². The summed E-state index contributed by atoms with van der Waals surface area (Å²) in [5.41, 5.74) is 7.91. The summed E-state index contributed by atoms with van der Waals surface area (Å²) < 4.78 is 0. The number of anilines is 1. The van der Waals surface area contributed by atoms with Crippen molar-refractivity contribution in [2.24, 2.45) is 0 Å². The molecule has 0 unspecified atom stereocenters. The number of aromatic nitrogens is 2. The summed E-state index contributed by atoms with van der Waals surface area (Å²) in [7, 11) is 0. The van der Waals surface area contributed by atoms with E-state index in [1.54, 1.807) is 0 Å². The average molecular weight is 262 g/mol. The highest BCUT2D eigenvalue weighted by molar-refractivity contribution is 5.97. The van der Waals surface area contributed by atoms with Gasteiger partial charge in [0.15, 0.2) is 5.69 Å². The predicted molar refractivity (Wildman–Crippen MR) is 73.9 cm³/mol. The van der Waals surface area contributed by atoms with Crippen molar-refractivity contribution in [2.45, 2.75) is 63.3 Å². The molecule has 3 rings (SSSR count). The SMILES string of the molecule is Nc1c(C(=O)NC2CCCCCC2)n[nH]c1C1CC1. The van der Waals surface area contributed by atoms with E-state index < -0.39 is 0 Å². The molecule has 5 nitrogen and oxygen atoms in total. The maximum absolute atomic E-state index is 12.2. The zero-order valence-electron chi connectivity index (χ0n) is 11.2. The first kappa shape index (κ1) is 12.5. The lowest BCUT2D eigenvalue weighted by Crippen LogP contribution is -2.35. The molecule has 4 N–H and O–H groups in total. The van der Waals surface area contributed by atoms with Crippen molar-refractivity contribution >= 4 is 11.6 Å². The van der Waals surface area contributed by atoms with Gasteiger partial charge < -0.3 is 11.1 Å². The molecular weight excluding hydrogens is 240 g/mol. The van der Waals surface area contributed by atoms with E-state index in [9.17, 15) is 4.79 Å². The second-order valence-electron chi connectivity index (χ2n) is 5.84. The number of rotatable bonds is 3. The van der Waals surface area contributed by atoms with Gasteiger partial charge in [-0.3, -0.25) is 9.89 Å². The van der Waals surface area contributed by atoms with Crippen LogP contribution in [0.2, 0.25) is 0 Å². The van der Waals surface area contributed by atoms with Crippen molar-refractivity contribution in [1.29, 1.82) is 0 Å². The number of hydrogen-bond donors (Lipinski definition) is 3. The van der Waals surface area contributed by atoms with Crippen molar-refractivity contribution in [1.82, 2.24) is 15.5 Å². The molecule has 0 radical (unpaired) electrons. The maximum atomic E-state index is 12.2. The van der Waals surface area contributed by atoms with E-state index in [4.69, 9.17) is 5.73 Å². The Labute approximate surface area is 113 Å². The van der Waals surface area contributed by atoms with E-state index >= 15 is 0 Å². The van der Waals surface area contributed by atoms with Crippen LogP contribution in [0.15, 0.2) is 0 Å². The zero-order valence-corrected chi connectivity index (χ0v) is 11.2. The van der Waals surface area contributed by atoms with Gasteiger partial charge in [-0.05, 0) is 25.7 Å². The highest BCUT2D eigenvalue weighted by Gasteiger charge is 2.30. The molecule has 1 heterocycles. The lowest BCUT2D eigenvalue weighted by Gasteiger charge is -2.15. The first-order valence-corrected chi connectivity index (χ1v) is 7.40. The van der Waals surface area contributed by atoms with Gasteiger partial charge in [0.1, 0.15) is 0 Å². The monoisotopic (exact) mass is 262 g/mol. The van der Waals surface area contributed by atoms with Gasteiger partial charge in [-0.15, -0.1) is 0 Å². The first-order valence-electron chi connectivity index (χ1n) is 7.40. The van der Waals surface area contributed by atoms with Crippen LogP contribution in [0.4, 0.5) is 5.69 Å². The van der Waals surface area contributed by atoms with E-state index in [0.29, 0.717) is 17.3 Å². The summed E-state index contributed by atoms with van der Waals surface area (Å²) in [6.45, 7) is 0. The summed E-state index contributed by atoms with van der Waals surface area (Å²) in [5, 5.41) is 10.1.